The average molecular weight is 380 g/mol. The Balaban J connectivity index is 1.71. The zero-order valence-corrected chi connectivity index (χ0v) is 15.5. The van der Waals surface area contributed by atoms with Crippen molar-refractivity contribution in [1.82, 2.24) is 14.5 Å². The van der Waals surface area contributed by atoms with Gasteiger partial charge in [-0.15, -0.1) is 10.2 Å². The number of nitrogens with one attached hydrogen (secondary N) is 1. The number of sulfonamides is 1. The van der Waals surface area contributed by atoms with E-state index >= 15 is 0 Å². The molecule has 1 atom stereocenters. The highest BCUT2D eigenvalue weighted by atomic mass is 32.2. The number of rotatable bonds is 6. The van der Waals surface area contributed by atoms with E-state index in [4.69, 9.17) is 0 Å². The van der Waals surface area contributed by atoms with Crippen molar-refractivity contribution in [2.45, 2.75) is 32.2 Å². The van der Waals surface area contributed by atoms with Crippen LogP contribution < -0.4 is 5.32 Å². The van der Waals surface area contributed by atoms with E-state index in [2.05, 4.69) is 15.5 Å². The van der Waals surface area contributed by atoms with E-state index < -0.39 is 16.1 Å². The molecule has 1 aliphatic rings. The second-order valence-electron chi connectivity index (χ2n) is 5.85. The lowest BCUT2D eigenvalue weighted by molar-refractivity contribution is -0.119. The summed E-state index contributed by atoms with van der Waals surface area (Å²) in [5, 5.41) is 11.9. The number of aromatic nitrogens is 2. The number of anilines is 1. The summed E-state index contributed by atoms with van der Waals surface area (Å²) in [6.45, 7) is 2.21. The summed E-state index contributed by atoms with van der Waals surface area (Å²) in [6.07, 6.45) is 1.75. The van der Waals surface area contributed by atoms with Gasteiger partial charge in [-0.25, -0.2) is 8.42 Å². The van der Waals surface area contributed by atoms with Gasteiger partial charge in [-0.1, -0.05) is 48.6 Å². The predicted molar refractivity (Wildman–Crippen MR) is 97.8 cm³/mol. The highest BCUT2D eigenvalue weighted by molar-refractivity contribution is 7.89. The number of carbonyl (C=O) groups is 1. The molecular formula is C16H20N4O3S2. The summed E-state index contributed by atoms with van der Waals surface area (Å²) < 4.78 is 25.9. The first-order valence-corrected chi connectivity index (χ1v) is 10.6. The van der Waals surface area contributed by atoms with Crippen LogP contribution in [-0.2, 0) is 14.8 Å². The van der Waals surface area contributed by atoms with Gasteiger partial charge in [0.15, 0.2) is 0 Å². The maximum Gasteiger partial charge on any atom is 0.244 e. The van der Waals surface area contributed by atoms with Gasteiger partial charge in [0.05, 0.1) is 5.75 Å². The molecule has 1 aromatic carbocycles. The fraction of sp³-hybridized carbons (Fsp3) is 0.438. The molecule has 1 saturated heterocycles. The summed E-state index contributed by atoms with van der Waals surface area (Å²) in [4.78, 5) is 12.5. The van der Waals surface area contributed by atoms with E-state index in [1.54, 1.807) is 0 Å². The fourth-order valence-electron chi connectivity index (χ4n) is 2.87. The third-order valence-electron chi connectivity index (χ3n) is 4.00. The van der Waals surface area contributed by atoms with Crippen LogP contribution in [0.15, 0.2) is 30.3 Å². The lowest BCUT2D eigenvalue weighted by atomic mass is 10.2. The molecule has 25 heavy (non-hydrogen) atoms. The molecule has 9 heteroatoms. The number of hydrogen-bond acceptors (Lipinski definition) is 6. The first kappa shape index (κ1) is 18.0. The summed E-state index contributed by atoms with van der Waals surface area (Å²) in [5.74, 6) is -0.277. The van der Waals surface area contributed by atoms with E-state index in [1.807, 2.05) is 37.3 Å². The monoisotopic (exact) mass is 380 g/mol. The number of hydrogen-bond donors (Lipinski definition) is 1. The van der Waals surface area contributed by atoms with Gasteiger partial charge in [0.25, 0.3) is 0 Å². The highest BCUT2D eigenvalue weighted by Crippen LogP contribution is 2.27. The van der Waals surface area contributed by atoms with Gasteiger partial charge in [-0.3, -0.25) is 10.1 Å². The Hall–Kier alpha value is -1.84. The third kappa shape index (κ3) is 4.05. The molecule has 2 aromatic rings. The van der Waals surface area contributed by atoms with Crippen molar-refractivity contribution in [3.05, 3.63) is 30.3 Å². The Bertz CT molecular complexity index is 836. The van der Waals surface area contributed by atoms with Gasteiger partial charge < -0.3 is 0 Å². The Morgan fingerprint density at radius 3 is 2.80 bits per heavy atom. The second-order valence-corrected chi connectivity index (χ2v) is 8.87. The molecule has 1 unspecified atom stereocenters. The van der Waals surface area contributed by atoms with Crippen molar-refractivity contribution in [1.29, 1.82) is 0 Å². The zero-order valence-electron chi connectivity index (χ0n) is 13.9. The van der Waals surface area contributed by atoms with Gasteiger partial charge in [-0.05, 0) is 19.3 Å². The minimum absolute atomic E-state index is 0.0632. The van der Waals surface area contributed by atoms with Crippen LogP contribution >= 0.6 is 11.3 Å². The van der Waals surface area contributed by atoms with Gasteiger partial charge in [0.1, 0.15) is 11.0 Å². The SMILES string of the molecule is CCCS(=O)(=O)N1CCCC1C(=O)Nc1nnc(-c2ccccc2)s1. The average Bonchev–Trinajstić information content (AvgIpc) is 3.25. The molecule has 1 fully saturated rings. The van der Waals surface area contributed by atoms with Crippen LogP contribution in [0.5, 0.6) is 0 Å². The molecule has 3 rings (SSSR count). The van der Waals surface area contributed by atoms with E-state index in [-0.39, 0.29) is 11.7 Å². The summed E-state index contributed by atoms with van der Waals surface area (Å²) in [7, 11) is -3.39. The quantitative estimate of drug-likeness (QED) is 0.830. The minimum atomic E-state index is -3.39. The largest absolute Gasteiger partial charge is 0.299 e. The molecule has 0 aliphatic carbocycles. The van der Waals surface area contributed by atoms with Crippen LogP contribution in [0.3, 0.4) is 0 Å². The first-order valence-electron chi connectivity index (χ1n) is 8.20. The maximum absolute atomic E-state index is 12.5. The summed E-state index contributed by atoms with van der Waals surface area (Å²) in [5.41, 5.74) is 0.925. The van der Waals surface area contributed by atoms with E-state index in [0.29, 0.717) is 35.9 Å². The molecule has 1 amide bonds. The van der Waals surface area contributed by atoms with Crippen molar-refractivity contribution < 1.29 is 13.2 Å². The molecule has 2 heterocycles. The first-order chi connectivity index (χ1) is 12.0. The van der Waals surface area contributed by atoms with Gasteiger partial charge in [0, 0.05) is 12.1 Å². The van der Waals surface area contributed by atoms with Crippen LogP contribution in [0.4, 0.5) is 5.13 Å². The second kappa shape index (κ2) is 7.59. The van der Waals surface area contributed by atoms with Gasteiger partial charge in [-0.2, -0.15) is 4.31 Å². The molecule has 1 aliphatic heterocycles. The Labute approximate surface area is 151 Å². The van der Waals surface area contributed by atoms with Crippen molar-refractivity contribution in [3.8, 4) is 10.6 Å². The number of amides is 1. The molecule has 134 valence electrons. The fourth-order valence-corrected chi connectivity index (χ4v) is 5.37. The van der Waals surface area contributed by atoms with E-state index in [9.17, 15) is 13.2 Å². The molecule has 0 spiro atoms. The maximum atomic E-state index is 12.5. The molecule has 0 bridgehead atoms. The highest BCUT2D eigenvalue weighted by Gasteiger charge is 2.38. The normalized spacial score (nSPS) is 18.4. The van der Waals surface area contributed by atoms with Gasteiger partial charge >= 0.3 is 0 Å². The Kier molecular flexibility index (Phi) is 5.45. The van der Waals surface area contributed by atoms with Crippen LogP contribution in [0.1, 0.15) is 26.2 Å². The molecule has 0 saturated carbocycles. The third-order valence-corrected chi connectivity index (χ3v) is 6.97. The molecule has 1 N–H and O–H groups in total. The Morgan fingerprint density at radius 2 is 2.08 bits per heavy atom. The molecule has 1 aromatic heterocycles. The molecule has 0 radical (unpaired) electrons. The van der Waals surface area contributed by atoms with Crippen LogP contribution in [0.25, 0.3) is 10.6 Å². The smallest absolute Gasteiger partial charge is 0.244 e. The zero-order chi connectivity index (χ0) is 17.9. The van der Waals surface area contributed by atoms with Gasteiger partial charge in [0.2, 0.25) is 21.1 Å². The van der Waals surface area contributed by atoms with E-state index in [0.717, 1.165) is 5.56 Å². The standard InChI is InChI=1S/C16H20N4O3S2/c1-2-11-25(22,23)20-10-6-9-13(20)14(21)17-16-19-18-15(24-16)12-7-4-3-5-8-12/h3-5,7-8,13H,2,6,9-11H2,1H3,(H,17,19,21). The lowest BCUT2D eigenvalue weighted by Crippen LogP contribution is -2.44. The molecular weight excluding hydrogens is 360 g/mol. The van der Waals surface area contributed by atoms with Crippen LogP contribution in [0, 0.1) is 0 Å². The summed E-state index contributed by atoms with van der Waals surface area (Å²) >= 11 is 1.27. The topological polar surface area (TPSA) is 92.3 Å². The molecule has 7 nitrogen and oxygen atoms in total. The minimum Gasteiger partial charge on any atom is -0.299 e. The predicted octanol–water partition coefficient (Wildman–Crippen LogP) is 2.35. The number of carbonyl (C=O) groups excluding carboxylic acids is 1. The lowest BCUT2D eigenvalue weighted by Gasteiger charge is -2.22. The van der Waals surface area contributed by atoms with Crippen LogP contribution in [0.2, 0.25) is 0 Å². The van der Waals surface area contributed by atoms with Crippen molar-refractivity contribution in [2.24, 2.45) is 0 Å². The van der Waals surface area contributed by atoms with E-state index in [1.165, 1.54) is 15.6 Å². The number of benzene rings is 1. The summed E-state index contributed by atoms with van der Waals surface area (Å²) in [6, 6.07) is 8.90. The van der Waals surface area contributed by atoms with Crippen molar-refractivity contribution in [3.63, 3.8) is 0 Å². The van der Waals surface area contributed by atoms with Crippen molar-refractivity contribution >= 4 is 32.4 Å². The Morgan fingerprint density at radius 1 is 1.32 bits per heavy atom. The van der Waals surface area contributed by atoms with Crippen molar-refractivity contribution in [2.75, 3.05) is 17.6 Å². The van der Waals surface area contributed by atoms with Crippen LogP contribution in [-0.4, -0.2) is 47.2 Å². The number of nitrogens with zero attached hydrogens (tertiary/aromatic N) is 3.